The van der Waals surface area contributed by atoms with Gasteiger partial charge in [-0.15, -0.1) is 10.2 Å². The van der Waals surface area contributed by atoms with Crippen LogP contribution in [-0.4, -0.2) is 35.1 Å². The van der Waals surface area contributed by atoms with Crippen molar-refractivity contribution in [3.63, 3.8) is 0 Å². The van der Waals surface area contributed by atoms with Gasteiger partial charge < -0.3 is 0 Å². The van der Waals surface area contributed by atoms with E-state index in [2.05, 4.69) is 35.1 Å². The van der Waals surface area contributed by atoms with Crippen molar-refractivity contribution in [1.29, 1.82) is 0 Å². The van der Waals surface area contributed by atoms with Crippen LogP contribution in [0.2, 0.25) is 0 Å². The molecule has 0 saturated carbocycles. The van der Waals surface area contributed by atoms with Crippen LogP contribution in [0.3, 0.4) is 0 Å². The van der Waals surface area contributed by atoms with Crippen molar-refractivity contribution in [1.82, 2.24) is 35.1 Å². The molecule has 110 valence electrons. The van der Waals surface area contributed by atoms with Gasteiger partial charge in [0.1, 0.15) is 17.7 Å². The summed E-state index contributed by atoms with van der Waals surface area (Å²) >= 11 is 1.44. The van der Waals surface area contributed by atoms with E-state index >= 15 is 0 Å². The van der Waals surface area contributed by atoms with E-state index in [1.807, 2.05) is 18.2 Å². The van der Waals surface area contributed by atoms with Crippen LogP contribution in [0, 0.1) is 0 Å². The zero-order valence-electron chi connectivity index (χ0n) is 11.7. The van der Waals surface area contributed by atoms with Gasteiger partial charge in [0.15, 0.2) is 15.8 Å². The Morgan fingerprint density at radius 3 is 2.35 bits per heavy atom. The minimum atomic E-state index is 0.579. The quantitative estimate of drug-likeness (QED) is 0.573. The second-order valence-corrected chi connectivity index (χ2v) is 5.50. The lowest BCUT2D eigenvalue weighted by Crippen LogP contribution is -1.91. The van der Waals surface area contributed by atoms with Gasteiger partial charge in [-0.25, -0.2) is 24.9 Å². The second kappa shape index (κ2) is 5.93. The summed E-state index contributed by atoms with van der Waals surface area (Å²) in [5.41, 5.74) is 2.26. The molecule has 4 aromatic heterocycles. The van der Waals surface area contributed by atoms with E-state index in [-0.39, 0.29) is 0 Å². The number of rotatable bonds is 3. The van der Waals surface area contributed by atoms with Gasteiger partial charge in [-0.05, 0) is 18.2 Å². The van der Waals surface area contributed by atoms with Gasteiger partial charge in [0, 0.05) is 30.4 Å². The molecule has 0 amide bonds. The van der Waals surface area contributed by atoms with Crippen LogP contribution in [-0.2, 0) is 0 Å². The summed E-state index contributed by atoms with van der Waals surface area (Å²) in [5, 5.41) is 9.87. The zero-order valence-corrected chi connectivity index (χ0v) is 12.6. The molecule has 4 rings (SSSR count). The van der Waals surface area contributed by atoms with Gasteiger partial charge in [-0.1, -0.05) is 17.4 Å². The lowest BCUT2D eigenvalue weighted by molar-refractivity contribution is 1.08. The average molecular weight is 319 g/mol. The Labute approximate surface area is 135 Å². The maximum atomic E-state index is 4.57. The molecule has 0 aliphatic rings. The van der Waals surface area contributed by atoms with Gasteiger partial charge in [0.25, 0.3) is 0 Å². The van der Waals surface area contributed by atoms with Gasteiger partial charge in [-0.3, -0.25) is 0 Å². The van der Waals surface area contributed by atoms with E-state index in [1.54, 1.807) is 30.9 Å². The van der Waals surface area contributed by atoms with Crippen molar-refractivity contribution in [2.45, 2.75) is 0 Å². The summed E-state index contributed by atoms with van der Waals surface area (Å²) in [5.74, 6) is 0.579. The fraction of sp³-hybridized carbons (Fsp3) is 0. The van der Waals surface area contributed by atoms with Crippen molar-refractivity contribution in [3.8, 4) is 32.8 Å². The highest BCUT2D eigenvalue weighted by Gasteiger charge is 2.11. The maximum absolute atomic E-state index is 4.57. The predicted molar refractivity (Wildman–Crippen MR) is 85.2 cm³/mol. The molecule has 0 atom stereocenters. The summed E-state index contributed by atoms with van der Waals surface area (Å²) in [6.45, 7) is 0. The molecule has 0 aliphatic heterocycles. The molecular weight excluding hydrogens is 310 g/mol. The van der Waals surface area contributed by atoms with Gasteiger partial charge in [0.05, 0.1) is 0 Å². The summed E-state index contributed by atoms with van der Waals surface area (Å²) in [7, 11) is 0. The van der Waals surface area contributed by atoms with E-state index in [0.717, 1.165) is 21.3 Å². The predicted octanol–water partition coefficient (Wildman–Crippen LogP) is 2.51. The molecule has 7 nitrogen and oxygen atoms in total. The Hall–Kier alpha value is -3.13. The fourth-order valence-corrected chi connectivity index (χ4v) is 2.75. The molecule has 0 unspecified atom stereocenters. The Kier molecular flexibility index (Phi) is 3.49. The highest BCUT2D eigenvalue weighted by Crippen LogP contribution is 2.28. The number of hydrogen-bond acceptors (Lipinski definition) is 8. The Morgan fingerprint density at radius 1 is 0.783 bits per heavy atom. The Morgan fingerprint density at radius 2 is 1.52 bits per heavy atom. The molecule has 0 fully saturated rings. The molecule has 0 radical (unpaired) electrons. The highest BCUT2D eigenvalue weighted by molar-refractivity contribution is 7.17. The lowest BCUT2D eigenvalue weighted by Gasteiger charge is -2.00. The molecule has 0 aliphatic carbocycles. The normalized spacial score (nSPS) is 10.6. The Bertz CT molecular complexity index is 925. The molecule has 0 saturated heterocycles. The largest absolute Gasteiger partial charge is 0.244 e. The van der Waals surface area contributed by atoms with Gasteiger partial charge in [-0.2, -0.15) is 0 Å². The molecule has 0 spiro atoms. The van der Waals surface area contributed by atoms with Crippen molar-refractivity contribution in [2.24, 2.45) is 0 Å². The number of nitrogens with zero attached hydrogens (tertiary/aromatic N) is 7. The van der Waals surface area contributed by atoms with Crippen LogP contribution in [0.25, 0.3) is 32.8 Å². The van der Waals surface area contributed by atoms with E-state index in [4.69, 9.17) is 0 Å². The first-order valence-electron chi connectivity index (χ1n) is 6.74. The fourth-order valence-electron chi connectivity index (χ4n) is 1.96. The lowest BCUT2D eigenvalue weighted by atomic mass is 10.3. The summed E-state index contributed by atoms with van der Waals surface area (Å²) in [6.07, 6.45) is 8.28. The summed E-state index contributed by atoms with van der Waals surface area (Å²) < 4.78 is 0. The summed E-state index contributed by atoms with van der Waals surface area (Å²) in [6, 6.07) is 7.43. The van der Waals surface area contributed by atoms with E-state index in [9.17, 15) is 0 Å². The summed E-state index contributed by atoms with van der Waals surface area (Å²) in [4.78, 5) is 21.0. The van der Waals surface area contributed by atoms with Crippen LogP contribution < -0.4 is 0 Å². The van der Waals surface area contributed by atoms with Crippen molar-refractivity contribution >= 4 is 11.3 Å². The van der Waals surface area contributed by atoms with Crippen LogP contribution in [0.1, 0.15) is 0 Å². The van der Waals surface area contributed by atoms with Gasteiger partial charge >= 0.3 is 0 Å². The number of hydrogen-bond donors (Lipinski definition) is 0. The molecule has 4 aromatic rings. The monoisotopic (exact) mass is 319 g/mol. The standard InChI is InChI=1S/C15H9N7S/c1-3-11(13-18-5-2-6-19-13)20-12(4-1)15-22-21-14(23-15)10-7-16-9-17-8-10/h1-9H. The molecule has 4 heterocycles. The first-order chi connectivity index (χ1) is 11.4. The minimum absolute atomic E-state index is 0.579. The molecule has 8 heteroatoms. The Balaban J connectivity index is 1.71. The number of pyridine rings is 1. The topological polar surface area (TPSA) is 90.2 Å². The first-order valence-corrected chi connectivity index (χ1v) is 7.55. The highest BCUT2D eigenvalue weighted by atomic mass is 32.1. The third kappa shape index (κ3) is 2.79. The third-order valence-corrected chi connectivity index (χ3v) is 3.99. The van der Waals surface area contributed by atoms with E-state index in [0.29, 0.717) is 11.5 Å². The molecular formula is C15H9N7S. The van der Waals surface area contributed by atoms with Crippen molar-refractivity contribution in [2.75, 3.05) is 0 Å². The molecule has 0 bridgehead atoms. The SMILES string of the molecule is c1cnc(-c2cccc(-c3nnc(-c4cncnc4)s3)n2)nc1. The van der Waals surface area contributed by atoms with Crippen LogP contribution in [0.4, 0.5) is 0 Å². The van der Waals surface area contributed by atoms with Crippen LogP contribution >= 0.6 is 11.3 Å². The maximum Gasteiger partial charge on any atom is 0.178 e. The van der Waals surface area contributed by atoms with Crippen molar-refractivity contribution in [3.05, 3.63) is 55.4 Å². The van der Waals surface area contributed by atoms with Crippen LogP contribution in [0.5, 0.6) is 0 Å². The first kappa shape index (κ1) is 13.5. The molecule has 0 aromatic carbocycles. The van der Waals surface area contributed by atoms with E-state index < -0.39 is 0 Å². The van der Waals surface area contributed by atoms with E-state index in [1.165, 1.54) is 17.7 Å². The molecule has 0 N–H and O–H groups in total. The molecule has 23 heavy (non-hydrogen) atoms. The van der Waals surface area contributed by atoms with Crippen LogP contribution in [0.15, 0.2) is 55.4 Å². The number of aromatic nitrogens is 7. The smallest absolute Gasteiger partial charge is 0.178 e. The van der Waals surface area contributed by atoms with Gasteiger partial charge in [0.2, 0.25) is 0 Å². The minimum Gasteiger partial charge on any atom is -0.244 e. The second-order valence-electron chi connectivity index (χ2n) is 4.52. The average Bonchev–Trinajstić information content (AvgIpc) is 3.14. The zero-order chi connectivity index (χ0) is 15.5. The third-order valence-electron chi connectivity index (χ3n) is 3.00. The van der Waals surface area contributed by atoms with Crippen molar-refractivity contribution < 1.29 is 0 Å².